The van der Waals surface area contributed by atoms with Crippen molar-refractivity contribution >= 4 is 44.2 Å². The minimum Gasteiger partial charge on any atom is -0.352 e. The van der Waals surface area contributed by atoms with Crippen LogP contribution in [-0.4, -0.2) is 28.6 Å². The Bertz CT molecular complexity index is 720. The van der Waals surface area contributed by atoms with E-state index in [9.17, 15) is 9.59 Å². The Hall–Kier alpha value is -1.80. The Morgan fingerprint density at radius 3 is 2.83 bits per heavy atom. The lowest BCUT2D eigenvalue weighted by atomic mass is 10.1. The summed E-state index contributed by atoms with van der Waals surface area (Å²) in [6.45, 7) is 4.29. The molecule has 2 amide bonds. The van der Waals surface area contributed by atoms with Gasteiger partial charge in [0.15, 0.2) is 0 Å². The van der Waals surface area contributed by atoms with Gasteiger partial charge in [-0.05, 0) is 24.6 Å². The van der Waals surface area contributed by atoms with Gasteiger partial charge in [0, 0.05) is 28.9 Å². The summed E-state index contributed by atoms with van der Waals surface area (Å²) in [5.74, 6) is -0.240. The molecule has 0 radical (unpaired) electrons. The first kappa shape index (κ1) is 18.5. The second kappa shape index (κ2) is 8.89. The number of hydrogen-bond donors (Lipinski definition) is 2. The van der Waals surface area contributed by atoms with E-state index in [1.165, 1.54) is 11.3 Å². The third kappa shape index (κ3) is 5.38. The first-order valence-electron chi connectivity index (χ1n) is 7.66. The maximum absolute atomic E-state index is 12.0. The minimum atomic E-state index is -0.133. The first-order valence-corrected chi connectivity index (χ1v) is 9.27. The Kier molecular flexibility index (Phi) is 6.86. The van der Waals surface area contributed by atoms with Gasteiger partial charge < -0.3 is 10.6 Å². The molecule has 6 nitrogen and oxygen atoms in total. The first-order chi connectivity index (χ1) is 11.5. The van der Waals surface area contributed by atoms with Crippen molar-refractivity contribution in [1.82, 2.24) is 15.5 Å². The van der Waals surface area contributed by atoms with Gasteiger partial charge in [-0.2, -0.15) is 0 Å². The van der Waals surface area contributed by atoms with Gasteiger partial charge in [0.05, 0.1) is 0 Å². The van der Waals surface area contributed by atoms with Crippen molar-refractivity contribution in [1.29, 1.82) is 0 Å². The number of halogens is 1. The van der Waals surface area contributed by atoms with Crippen LogP contribution in [0.4, 0.5) is 5.13 Å². The highest BCUT2D eigenvalue weighted by atomic mass is 79.9. The van der Waals surface area contributed by atoms with E-state index >= 15 is 0 Å². The Balaban J connectivity index is 1.81. The van der Waals surface area contributed by atoms with Crippen molar-refractivity contribution in [3.05, 3.63) is 39.3 Å². The quantitative estimate of drug-likeness (QED) is 0.733. The molecule has 1 aromatic carbocycles. The summed E-state index contributed by atoms with van der Waals surface area (Å²) in [6, 6.07) is 7.21. The summed E-state index contributed by atoms with van der Waals surface area (Å²) in [5, 5.41) is 14.9. The fourth-order valence-corrected chi connectivity index (χ4v) is 2.98. The van der Waals surface area contributed by atoms with Gasteiger partial charge >= 0.3 is 0 Å². The molecule has 0 saturated heterocycles. The number of nitrogens with one attached hydrogen (secondary N) is 2. The predicted molar refractivity (Wildman–Crippen MR) is 98.2 cm³/mol. The maximum Gasteiger partial charge on any atom is 0.251 e. The topological polar surface area (TPSA) is 84.0 Å². The molecule has 0 aliphatic rings. The van der Waals surface area contributed by atoms with Crippen molar-refractivity contribution < 1.29 is 9.59 Å². The molecule has 1 heterocycles. The zero-order chi connectivity index (χ0) is 17.5. The lowest BCUT2D eigenvalue weighted by Crippen LogP contribution is -2.25. The maximum atomic E-state index is 12.0. The molecule has 0 aliphatic heterocycles. The molecule has 0 saturated carbocycles. The van der Waals surface area contributed by atoms with E-state index in [4.69, 9.17) is 0 Å². The van der Waals surface area contributed by atoms with E-state index in [2.05, 4.69) is 36.8 Å². The SMILES string of the molecule is CCC(C)C(=O)Nc1nnc(CCNC(=O)c2cccc(Br)c2)s1. The molecule has 0 aliphatic carbocycles. The molecule has 0 fully saturated rings. The zero-order valence-corrected chi connectivity index (χ0v) is 15.9. The molecule has 1 unspecified atom stereocenters. The van der Waals surface area contributed by atoms with Gasteiger partial charge in [-0.25, -0.2) is 0 Å². The highest BCUT2D eigenvalue weighted by Gasteiger charge is 2.13. The molecular weight excluding hydrogens is 392 g/mol. The fourth-order valence-electron chi connectivity index (χ4n) is 1.83. The number of amides is 2. The molecule has 2 rings (SSSR count). The molecule has 8 heteroatoms. The predicted octanol–water partition coefficient (Wildman–Crippen LogP) is 3.26. The van der Waals surface area contributed by atoms with Crippen molar-refractivity contribution in [3.63, 3.8) is 0 Å². The van der Waals surface area contributed by atoms with E-state index in [1.807, 2.05) is 26.0 Å². The number of benzene rings is 1. The van der Waals surface area contributed by atoms with Crippen LogP contribution in [0.5, 0.6) is 0 Å². The molecular formula is C16H19BrN4O2S. The van der Waals surface area contributed by atoms with Crippen LogP contribution in [0, 0.1) is 5.92 Å². The summed E-state index contributed by atoms with van der Waals surface area (Å²) in [7, 11) is 0. The van der Waals surface area contributed by atoms with Crippen molar-refractivity contribution in [3.8, 4) is 0 Å². The highest BCUT2D eigenvalue weighted by Crippen LogP contribution is 2.17. The number of aromatic nitrogens is 2. The van der Waals surface area contributed by atoms with Crippen LogP contribution in [0.2, 0.25) is 0 Å². The number of nitrogens with zero attached hydrogens (tertiary/aromatic N) is 2. The Morgan fingerprint density at radius 2 is 2.12 bits per heavy atom. The number of anilines is 1. The van der Waals surface area contributed by atoms with Crippen LogP contribution in [0.1, 0.15) is 35.6 Å². The lowest BCUT2D eigenvalue weighted by Gasteiger charge is -2.06. The largest absolute Gasteiger partial charge is 0.352 e. The average Bonchev–Trinajstić information content (AvgIpc) is 3.01. The van der Waals surface area contributed by atoms with E-state index in [-0.39, 0.29) is 17.7 Å². The van der Waals surface area contributed by atoms with E-state index in [0.717, 1.165) is 15.9 Å². The van der Waals surface area contributed by atoms with Gasteiger partial charge in [0.25, 0.3) is 5.91 Å². The summed E-state index contributed by atoms with van der Waals surface area (Å²) in [6.07, 6.45) is 1.34. The van der Waals surface area contributed by atoms with Crippen LogP contribution in [0.3, 0.4) is 0 Å². The summed E-state index contributed by atoms with van der Waals surface area (Å²) in [5.41, 5.74) is 0.600. The molecule has 2 N–H and O–H groups in total. The van der Waals surface area contributed by atoms with Crippen LogP contribution >= 0.6 is 27.3 Å². The van der Waals surface area contributed by atoms with Crippen molar-refractivity contribution in [2.45, 2.75) is 26.7 Å². The van der Waals surface area contributed by atoms with Crippen LogP contribution in [0.25, 0.3) is 0 Å². The summed E-state index contributed by atoms with van der Waals surface area (Å²) in [4.78, 5) is 23.8. The molecule has 1 atom stereocenters. The van der Waals surface area contributed by atoms with Crippen LogP contribution < -0.4 is 10.6 Å². The van der Waals surface area contributed by atoms with Crippen LogP contribution in [-0.2, 0) is 11.2 Å². The summed E-state index contributed by atoms with van der Waals surface area (Å²) < 4.78 is 0.862. The average molecular weight is 411 g/mol. The second-order valence-electron chi connectivity index (χ2n) is 5.32. The normalized spacial score (nSPS) is 11.8. The molecule has 1 aromatic heterocycles. The Morgan fingerprint density at radius 1 is 1.33 bits per heavy atom. The van der Waals surface area contributed by atoms with Gasteiger partial charge in [0.2, 0.25) is 11.0 Å². The fraction of sp³-hybridized carbons (Fsp3) is 0.375. The number of carbonyl (C=O) groups is 2. The number of carbonyl (C=O) groups excluding carboxylic acids is 2. The minimum absolute atomic E-state index is 0.0526. The van der Waals surface area contributed by atoms with E-state index in [1.54, 1.807) is 12.1 Å². The molecule has 24 heavy (non-hydrogen) atoms. The lowest BCUT2D eigenvalue weighted by molar-refractivity contribution is -0.119. The van der Waals surface area contributed by atoms with Gasteiger partial charge in [0.1, 0.15) is 5.01 Å². The van der Waals surface area contributed by atoms with E-state index < -0.39 is 0 Å². The number of hydrogen-bond acceptors (Lipinski definition) is 5. The van der Waals surface area contributed by atoms with Crippen LogP contribution in [0.15, 0.2) is 28.7 Å². The van der Waals surface area contributed by atoms with Gasteiger partial charge in [-0.3, -0.25) is 9.59 Å². The third-order valence-corrected chi connectivity index (χ3v) is 4.86. The zero-order valence-electron chi connectivity index (χ0n) is 13.5. The third-order valence-electron chi connectivity index (χ3n) is 3.47. The van der Waals surface area contributed by atoms with Gasteiger partial charge in [-0.15, -0.1) is 10.2 Å². The Labute approximate surface area is 153 Å². The summed E-state index contributed by atoms with van der Waals surface area (Å²) >= 11 is 4.67. The molecule has 0 bridgehead atoms. The highest BCUT2D eigenvalue weighted by molar-refractivity contribution is 9.10. The van der Waals surface area contributed by atoms with E-state index in [0.29, 0.717) is 23.7 Å². The monoisotopic (exact) mass is 410 g/mol. The molecule has 128 valence electrons. The smallest absolute Gasteiger partial charge is 0.251 e. The second-order valence-corrected chi connectivity index (χ2v) is 7.29. The number of rotatable bonds is 7. The van der Waals surface area contributed by atoms with Crippen molar-refractivity contribution in [2.24, 2.45) is 5.92 Å². The molecule has 0 spiro atoms. The van der Waals surface area contributed by atoms with Crippen molar-refractivity contribution in [2.75, 3.05) is 11.9 Å². The van der Waals surface area contributed by atoms with Gasteiger partial charge in [-0.1, -0.05) is 47.2 Å². The standard InChI is InChI=1S/C16H19BrN4O2S/c1-3-10(2)14(22)19-16-21-20-13(24-16)7-8-18-15(23)11-5-4-6-12(17)9-11/h4-6,9-10H,3,7-8H2,1-2H3,(H,18,23)(H,19,21,22). The molecule has 2 aromatic rings.